The van der Waals surface area contributed by atoms with Gasteiger partial charge in [0.25, 0.3) is 0 Å². The minimum atomic E-state index is 0.257. The topological polar surface area (TPSA) is 30.0 Å². The Morgan fingerprint density at radius 1 is 1.32 bits per heavy atom. The van der Waals surface area contributed by atoms with Crippen LogP contribution in [0.2, 0.25) is 0 Å². The van der Waals surface area contributed by atoms with E-state index in [1.807, 2.05) is 35.7 Å². The number of ketones is 1. The molecule has 0 saturated heterocycles. The van der Waals surface area contributed by atoms with Crippen molar-refractivity contribution in [2.75, 3.05) is 5.75 Å². The van der Waals surface area contributed by atoms with Crippen LogP contribution in [0.1, 0.15) is 18.9 Å². The fraction of sp³-hybridized carbons (Fsp3) is 0.333. The molecule has 0 spiro atoms. The molecule has 0 aliphatic heterocycles. The predicted octanol–water partition coefficient (Wildman–Crippen LogP) is 4.06. The minimum Gasteiger partial charge on any atom is -0.298 e. The summed E-state index contributed by atoms with van der Waals surface area (Å²) >= 11 is 3.25. The summed E-state index contributed by atoms with van der Waals surface area (Å²) in [7, 11) is 0. The summed E-state index contributed by atoms with van der Waals surface area (Å²) in [5.74, 6) is 0.838. The number of carbonyl (C=O) groups excluding carboxylic acids is 1. The molecule has 2 nitrogen and oxygen atoms in total. The first-order valence-corrected chi connectivity index (χ1v) is 8.21. The Kier molecular flexibility index (Phi) is 5.16. The molecule has 1 aromatic heterocycles. The van der Waals surface area contributed by atoms with Crippen LogP contribution < -0.4 is 0 Å². The molecule has 0 aliphatic carbocycles. The number of aromatic nitrogens is 1. The minimum absolute atomic E-state index is 0.257. The maximum atomic E-state index is 11.8. The molecule has 0 atom stereocenters. The number of nitrogens with zero attached hydrogens (tertiary/aromatic N) is 1. The van der Waals surface area contributed by atoms with Gasteiger partial charge in [-0.25, -0.2) is 4.98 Å². The van der Waals surface area contributed by atoms with Crippen molar-refractivity contribution in [2.24, 2.45) is 0 Å². The summed E-state index contributed by atoms with van der Waals surface area (Å²) in [5, 5.41) is 3.43. The van der Waals surface area contributed by atoms with Crippen molar-refractivity contribution in [3.05, 3.63) is 40.7 Å². The molecule has 0 N–H and O–H groups in total. The first-order valence-electron chi connectivity index (χ1n) is 6.28. The lowest BCUT2D eigenvalue weighted by atomic mass is 10.2. The zero-order valence-corrected chi connectivity index (χ0v) is 12.8. The highest BCUT2D eigenvalue weighted by Crippen LogP contribution is 2.22. The van der Waals surface area contributed by atoms with Crippen LogP contribution in [0.4, 0.5) is 0 Å². The normalized spacial score (nSPS) is 10.9. The summed E-state index contributed by atoms with van der Waals surface area (Å²) in [6.07, 6.45) is 0.456. The van der Waals surface area contributed by atoms with Gasteiger partial charge >= 0.3 is 0 Å². The Balaban J connectivity index is 1.96. The van der Waals surface area contributed by atoms with Crippen LogP contribution in [0, 0.1) is 0 Å². The van der Waals surface area contributed by atoms with E-state index in [2.05, 4.69) is 18.8 Å². The summed E-state index contributed by atoms with van der Waals surface area (Å²) in [4.78, 5) is 16.3. The van der Waals surface area contributed by atoms with E-state index in [9.17, 15) is 4.79 Å². The number of hydrogen-bond donors (Lipinski definition) is 0. The number of Topliss-reactive ketones (excluding diaryl/α,β-unsaturated/α-hetero) is 1. The highest BCUT2D eigenvalue weighted by Gasteiger charge is 2.10. The van der Waals surface area contributed by atoms with Crippen LogP contribution in [0.3, 0.4) is 0 Å². The van der Waals surface area contributed by atoms with Gasteiger partial charge in [-0.15, -0.1) is 11.3 Å². The molecule has 0 saturated carbocycles. The van der Waals surface area contributed by atoms with E-state index in [4.69, 9.17) is 0 Å². The van der Waals surface area contributed by atoms with E-state index in [-0.39, 0.29) is 5.78 Å². The van der Waals surface area contributed by atoms with Gasteiger partial charge in [-0.1, -0.05) is 44.2 Å². The van der Waals surface area contributed by atoms with Gasteiger partial charge in [0.05, 0.1) is 17.9 Å². The Labute approximate surface area is 122 Å². The zero-order valence-electron chi connectivity index (χ0n) is 11.1. The van der Waals surface area contributed by atoms with Crippen molar-refractivity contribution in [3.63, 3.8) is 0 Å². The second-order valence-corrected chi connectivity index (χ2v) is 7.08. The lowest BCUT2D eigenvalue weighted by Gasteiger charge is -2.02. The zero-order chi connectivity index (χ0) is 13.7. The number of rotatable bonds is 6. The van der Waals surface area contributed by atoms with Gasteiger partial charge < -0.3 is 0 Å². The van der Waals surface area contributed by atoms with E-state index in [0.717, 1.165) is 16.3 Å². The third-order valence-corrected chi connectivity index (χ3v) is 4.55. The molecule has 0 unspecified atom stereocenters. The van der Waals surface area contributed by atoms with Gasteiger partial charge in [0.15, 0.2) is 0 Å². The van der Waals surface area contributed by atoms with E-state index in [1.165, 1.54) is 0 Å². The molecule has 0 aliphatic rings. The third-order valence-electron chi connectivity index (χ3n) is 2.55. The number of hydrogen-bond acceptors (Lipinski definition) is 4. The van der Waals surface area contributed by atoms with Crippen molar-refractivity contribution in [1.82, 2.24) is 4.98 Å². The number of carbonyl (C=O) groups is 1. The van der Waals surface area contributed by atoms with Crippen LogP contribution >= 0.6 is 23.1 Å². The first kappa shape index (κ1) is 14.3. The van der Waals surface area contributed by atoms with Crippen molar-refractivity contribution >= 4 is 28.9 Å². The Hall–Kier alpha value is -1.13. The maximum absolute atomic E-state index is 11.8. The third kappa shape index (κ3) is 4.48. The molecule has 4 heteroatoms. The molecule has 0 fully saturated rings. The van der Waals surface area contributed by atoms with Gasteiger partial charge in [0, 0.05) is 10.9 Å². The van der Waals surface area contributed by atoms with E-state index in [1.54, 1.807) is 23.1 Å². The Bertz CT molecular complexity index is 534. The second kappa shape index (κ2) is 6.87. The average Bonchev–Trinajstić information content (AvgIpc) is 2.86. The second-order valence-electron chi connectivity index (χ2n) is 4.57. The molecule has 19 heavy (non-hydrogen) atoms. The fourth-order valence-electron chi connectivity index (χ4n) is 1.61. The maximum Gasteiger partial charge on any atom is 0.149 e. The molecule has 2 aromatic rings. The van der Waals surface area contributed by atoms with Crippen LogP contribution in [-0.4, -0.2) is 21.8 Å². The standard InChI is InChI=1S/C15H17NOS2/c1-11(2)18-9-13(17)8-15-16-14(10-19-15)12-6-4-3-5-7-12/h3-7,10-11H,8-9H2,1-2H3. The van der Waals surface area contributed by atoms with Crippen molar-refractivity contribution in [3.8, 4) is 11.3 Å². The predicted molar refractivity (Wildman–Crippen MR) is 83.9 cm³/mol. The molecule has 1 aromatic carbocycles. The van der Waals surface area contributed by atoms with Gasteiger partial charge in [0.1, 0.15) is 10.8 Å². The van der Waals surface area contributed by atoms with Crippen molar-refractivity contribution in [2.45, 2.75) is 25.5 Å². The number of thiazole rings is 1. The Morgan fingerprint density at radius 3 is 2.74 bits per heavy atom. The quantitative estimate of drug-likeness (QED) is 0.804. The SMILES string of the molecule is CC(C)SCC(=O)Cc1nc(-c2ccccc2)cs1. The fourth-order valence-corrected chi connectivity index (χ4v) is 3.07. The lowest BCUT2D eigenvalue weighted by molar-refractivity contribution is -0.116. The van der Waals surface area contributed by atoms with Crippen LogP contribution in [-0.2, 0) is 11.2 Å². The molecular weight excluding hydrogens is 274 g/mol. The Morgan fingerprint density at radius 2 is 2.05 bits per heavy atom. The summed E-state index contributed by atoms with van der Waals surface area (Å²) in [5.41, 5.74) is 2.07. The van der Waals surface area contributed by atoms with Gasteiger partial charge in [-0.05, 0) is 5.25 Å². The lowest BCUT2D eigenvalue weighted by Crippen LogP contribution is -2.07. The average molecular weight is 291 g/mol. The molecule has 0 bridgehead atoms. The van der Waals surface area contributed by atoms with E-state index < -0.39 is 0 Å². The highest BCUT2D eigenvalue weighted by atomic mass is 32.2. The van der Waals surface area contributed by atoms with E-state index >= 15 is 0 Å². The monoisotopic (exact) mass is 291 g/mol. The number of benzene rings is 1. The smallest absolute Gasteiger partial charge is 0.149 e. The summed E-state index contributed by atoms with van der Waals surface area (Å²) in [6, 6.07) is 10.1. The van der Waals surface area contributed by atoms with Crippen LogP contribution in [0.15, 0.2) is 35.7 Å². The molecule has 1 heterocycles. The van der Waals surface area contributed by atoms with Gasteiger partial charge in [0.2, 0.25) is 0 Å². The molecule has 2 rings (SSSR count). The van der Waals surface area contributed by atoms with Gasteiger partial charge in [-0.2, -0.15) is 11.8 Å². The van der Waals surface area contributed by atoms with E-state index in [0.29, 0.717) is 17.4 Å². The highest BCUT2D eigenvalue weighted by molar-refractivity contribution is 8.00. The summed E-state index contributed by atoms with van der Waals surface area (Å²) < 4.78 is 0. The molecular formula is C15H17NOS2. The van der Waals surface area contributed by atoms with Crippen molar-refractivity contribution in [1.29, 1.82) is 0 Å². The van der Waals surface area contributed by atoms with Gasteiger partial charge in [-0.3, -0.25) is 4.79 Å². The molecule has 0 amide bonds. The molecule has 100 valence electrons. The first-order chi connectivity index (χ1) is 9.15. The number of thioether (sulfide) groups is 1. The van der Waals surface area contributed by atoms with Crippen LogP contribution in [0.25, 0.3) is 11.3 Å². The summed E-state index contributed by atoms with van der Waals surface area (Å²) in [6.45, 7) is 4.21. The largest absolute Gasteiger partial charge is 0.298 e. The van der Waals surface area contributed by atoms with Crippen LogP contribution in [0.5, 0.6) is 0 Å². The van der Waals surface area contributed by atoms with Crippen molar-refractivity contribution < 1.29 is 4.79 Å². The molecule has 0 radical (unpaired) electrons.